The highest BCUT2D eigenvalue weighted by atomic mass is 32.2. The van der Waals surface area contributed by atoms with E-state index in [0.29, 0.717) is 19.8 Å². The first-order valence-electron chi connectivity index (χ1n) is 17.4. The normalized spacial score (nSPS) is 16.6. The van der Waals surface area contributed by atoms with Crippen LogP contribution in [0.5, 0.6) is 0 Å². The van der Waals surface area contributed by atoms with Gasteiger partial charge in [0.1, 0.15) is 12.6 Å². The standard InChI is InChI=1S/C39H55N3O5SSi/c1-6-37(38(43)47-30-33-16-10-7-11-17-33)40-35-22-25-42(26-23-35)27-24-39(34-18-12-8-13-19-34,32-46-28-29-49(3,4)5)31-41(2)48(44,45)36-20-14-9-15-21-36/h6-21,35,37,40H,1,22-32H2,2-5H3. The largest absolute Gasteiger partial charge is 0.459 e. The summed E-state index contributed by atoms with van der Waals surface area (Å²) in [7, 11) is -3.34. The quantitative estimate of drug-likeness (QED) is 0.0674. The molecule has 8 nitrogen and oxygen atoms in total. The summed E-state index contributed by atoms with van der Waals surface area (Å²) in [5.74, 6) is -0.322. The van der Waals surface area contributed by atoms with Gasteiger partial charge in [-0.1, -0.05) is 105 Å². The van der Waals surface area contributed by atoms with E-state index in [2.05, 4.69) is 48.6 Å². The zero-order chi connectivity index (χ0) is 35.3. The molecule has 10 heteroatoms. The van der Waals surface area contributed by atoms with E-state index in [1.165, 1.54) is 4.31 Å². The number of likely N-dealkylation sites (N-methyl/N-ethyl adjacent to an activating group) is 1. The monoisotopic (exact) mass is 705 g/mol. The number of rotatable bonds is 19. The minimum Gasteiger partial charge on any atom is -0.459 e. The molecule has 0 amide bonds. The molecular formula is C39H55N3O5SSi. The predicted octanol–water partition coefficient (Wildman–Crippen LogP) is 6.34. The molecular weight excluding hydrogens is 651 g/mol. The number of sulfonamides is 1. The van der Waals surface area contributed by atoms with Gasteiger partial charge in [0, 0.05) is 39.7 Å². The summed E-state index contributed by atoms with van der Waals surface area (Å²) in [6.45, 7) is 15.0. The lowest BCUT2D eigenvalue weighted by molar-refractivity contribution is -0.146. The molecule has 0 aliphatic carbocycles. The van der Waals surface area contributed by atoms with Gasteiger partial charge >= 0.3 is 5.97 Å². The highest BCUT2D eigenvalue weighted by molar-refractivity contribution is 7.89. The van der Waals surface area contributed by atoms with Gasteiger partial charge < -0.3 is 14.4 Å². The van der Waals surface area contributed by atoms with Crippen LogP contribution in [-0.4, -0.2) is 90.2 Å². The Hall–Kier alpha value is -3.12. The molecule has 266 valence electrons. The SMILES string of the molecule is C=CC(NC1CCN(CCC(COCC[Si](C)(C)C)(CN(C)S(=O)(=O)c2ccccc2)c2ccccc2)CC1)C(=O)OCc1ccccc1. The number of esters is 1. The molecule has 4 rings (SSSR count). The van der Waals surface area contributed by atoms with Gasteiger partial charge in [0.25, 0.3) is 0 Å². The first-order valence-corrected chi connectivity index (χ1v) is 22.5. The third-order valence-corrected chi connectivity index (χ3v) is 12.9. The van der Waals surface area contributed by atoms with E-state index < -0.39 is 29.6 Å². The van der Waals surface area contributed by atoms with Gasteiger partial charge in [-0.3, -0.25) is 5.32 Å². The fourth-order valence-corrected chi connectivity index (χ4v) is 8.27. The van der Waals surface area contributed by atoms with Crippen LogP contribution in [0.1, 0.15) is 30.4 Å². The number of benzene rings is 3. The summed E-state index contributed by atoms with van der Waals surface area (Å²) >= 11 is 0. The summed E-state index contributed by atoms with van der Waals surface area (Å²) in [5, 5.41) is 3.46. The Balaban J connectivity index is 1.43. The Morgan fingerprint density at radius 2 is 1.59 bits per heavy atom. The zero-order valence-corrected chi connectivity index (χ0v) is 31.5. The van der Waals surface area contributed by atoms with Crippen molar-refractivity contribution in [2.75, 3.05) is 46.4 Å². The number of carbonyl (C=O) groups excluding carboxylic acids is 1. The van der Waals surface area contributed by atoms with E-state index in [0.717, 1.165) is 56.1 Å². The minimum atomic E-state index is -3.71. The van der Waals surface area contributed by atoms with Gasteiger partial charge in [0.2, 0.25) is 10.0 Å². The lowest BCUT2D eigenvalue weighted by Crippen LogP contribution is -2.50. The molecule has 0 bridgehead atoms. The van der Waals surface area contributed by atoms with Crippen LogP contribution in [-0.2, 0) is 36.3 Å². The Morgan fingerprint density at radius 3 is 2.18 bits per heavy atom. The van der Waals surface area contributed by atoms with Crippen molar-refractivity contribution in [3.05, 3.63) is 115 Å². The average molecular weight is 706 g/mol. The van der Waals surface area contributed by atoms with Crippen LogP contribution in [0.25, 0.3) is 0 Å². The van der Waals surface area contributed by atoms with Gasteiger partial charge in [-0.05, 0) is 68.2 Å². The molecule has 2 atom stereocenters. The number of ether oxygens (including phenoxy) is 2. The zero-order valence-electron chi connectivity index (χ0n) is 29.7. The van der Waals surface area contributed by atoms with Crippen LogP contribution >= 0.6 is 0 Å². The molecule has 1 heterocycles. The highest BCUT2D eigenvalue weighted by Gasteiger charge is 2.38. The van der Waals surface area contributed by atoms with Crippen molar-refractivity contribution >= 4 is 24.1 Å². The van der Waals surface area contributed by atoms with Crippen molar-refractivity contribution in [2.45, 2.75) is 73.9 Å². The van der Waals surface area contributed by atoms with Gasteiger partial charge in [0.15, 0.2) is 0 Å². The molecule has 49 heavy (non-hydrogen) atoms. The average Bonchev–Trinajstić information content (AvgIpc) is 3.11. The van der Waals surface area contributed by atoms with E-state index in [-0.39, 0.29) is 23.5 Å². The summed E-state index contributed by atoms with van der Waals surface area (Å²) in [6, 6.07) is 29.2. The molecule has 0 aromatic heterocycles. The predicted molar refractivity (Wildman–Crippen MR) is 201 cm³/mol. The Morgan fingerprint density at radius 1 is 1.00 bits per heavy atom. The van der Waals surface area contributed by atoms with Crippen LogP contribution in [0.4, 0.5) is 0 Å². The molecule has 1 saturated heterocycles. The van der Waals surface area contributed by atoms with Gasteiger partial charge in [-0.2, -0.15) is 4.31 Å². The maximum Gasteiger partial charge on any atom is 0.327 e. The third kappa shape index (κ3) is 11.7. The number of hydrogen-bond acceptors (Lipinski definition) is 7. The first-order chi connectivity index (χ1) is 23.4. The van der Waals surface area contributed by atoms with Crippen molar-refractivity contribution in [1.29, 1.82) is 0 Å². The molecule has 1 fully saturated rings. The number of hydrogen-bond donors (Lipinski definition) is 1. The Bertz CT molecular complexity index is 1550. The van der Waals surface area contributed by atoms with Crippen molar-refractivity contribution in [1.82, 2.24) is 14.5 Å². The molecule has 1 aliphatic rings. The Kier molecular flexibility index (Phi) is 14.4. The fraction of sp³-hybridized carbons (Fsp3) is 0.462. The Labute approximate surface area is 295 Å². The number of nitrogens with one attached hydrogen (secondary N) is 1. The second-order valence-electron chi connectivity index (χ2n) is 14.4. The minimum absolute atomic E-state index is 0.162. The summed E-state index contributed by atoms with van der Waals surface area (Å²) < 4.78 is 41.0. The molecule has 2 unspecified atom stereocenters. The lowest BCUT2D eigenvalue weighted by Gasteiger charge is -2.40. The molecule has 3 aromatic carbocycles. The van der Waals surface area contributed by atoms with Crippen LogP contribution < -0.4 is 5.32 Å². The van der Waals surface area contributed by atoms with Crippen molar-refractivity contribution in [3.63, 3.8) is 0 Å². The summed E-state index contributed by atoms with van der Waals surface area (Å²) in [6.07, 6.45) is 4.11. The van der Waals surface area contributed by atoms with E-state index in [1.807, 2.05) is 54.6 Å². The fourth-order valence-electron chi connectivity index (χ4n) is 6.24. The number of piperidine rings is 1. The van der Waals surface area contributed by atoms with E-state index >= 15 is 0 Å². The number of likely N-dealkylation sites (tertiary alicyclic amines) is 1. The molecule has 0 spiro atoms. The van der Waals surface area contributed by atoms with Gasteiger partial charge in [-0.15, -0.1) is 6.58 Å². The van der Waals surface area contributed by atoms with Crippen molar-refractivity contribution in [3.8, 4) is 0 Å². The van der Waals surface area contributed by atoms with Crippen LogP contribution in [0.15, 0.2) is 109 Å². The van der Waals surface area contributed by atoms with Crippen LogP contribution in [0.2, 0.25) is 25.7 Å². The second kappa shape index (κ2) is 18.2. The second-order valence-corrected chi connectivity index (χ2v) is 22.1. The van der Waals surface area contributed by atoms with Crippen LogP contribution in [0.3, 0.4) is 0 Å². The van der Waals surface area contributed by atoms with Crippen molar-refractivity contribution < 1.29 is 22.7 Å². The topological polar surface area (TPSA) is 88.2 Å². The first kappa shape index (κ1) is 38.7. The maximum atomic E-state index is 13.8. The molecule has 3 aromatic rings. The highest BCUT2D eigenvalue weighted by Crippen LogP contribution is 2.33. The molecule has 0 radical (unpaired) electrons. The molecule has 0 saturated carbocycles. The molecule has 1 aliphatic heterocycles. The maximum absolute atomic E-state index is 13.8. The van der Waals surface area contributed by atoms with E-state index in [1.54, 1.807) is 37.4 Å². The van der Waals surface area contributed by atoms with Gasteiger partial charge in [0.05, 0.1) is 11.5 Å². The van der Waals surface area contributed by atoms with E-state index in [9.17, 15) is 13.2 Å². The van der Waals surface area contributed by atoms with Crippen LogP contribution in [0, 0.1) is 0 Å². The van der Waals surface area contributed by atoms with Crippen molar-refractivity contribution in [2.24, 2.45) is 0 Å². The van der Waals surface area contributed by atoms with E-state index in [4.69, 9.17) is 9.47 Å². The number of carbonyl (C=O) groups is 1. The number of nitrogens with zero attached hydrogens (tertiary/aromatic N) is 2. The molecule has 1 N–H and O–H groups in total. The smallest absolute Gasteiger partial charge is 0.327 e. The third-order valence-electron chi connectivity index (χ3n) is 9.36. The summed E-state index contributed by atoms with van der Waals surface area (Å²) in [5.41, 5.74) is 1.48. The van der Waals surface area contributed by atoms with Gasteiger partial charge in [-0.25, -0.2) is 13.2 Å². The lowest BCUT2D eigenvalue weighted by atomic mass is 9.77. The summed E-state index contributed by atoms with van der Waals surface area (Å²) in [4.78, 5) is 15.6.